The van der Waals surface area contributed by atoms with Crippen LogP contribution in [0.3, 0.4) is 0 Å². The van der Waals surface area contributed by atoms with Crippen molar-refractivity contribution < 1.29 is 9.21 Å². The number of carbonyl (C=O) groups is 1. The van der Waals surface area contributed by atoms with E-state index in [1.54, 1.807) is 24.4 Å². The summed E-state index contributed by atoms with van der Waals surface area (Å²) in [6, 6.07) is 8.30. The van der Waals surface area contributed by atoms with Crippen molar-refractivity contribution in [1.29, 1.82) is 0 Å². The molecule has 6 nitrogen and oxygen atoms in total. The van der Waals surface area contributed by atoms with E-state index in [0.717, 1.165) is 18.4 Å². The molecule has 1 aliphatic rings. The van der Waals surface area contributed by atoms with Gasteiger partial charge < -0.3 is 20.8 Å². The van der Waals surface area contributed by atoms with E-state index in [0.29, 0.717) is 29.4 Å². The van der Waals surface area contributed by atoms with Crippen LogP contribution in [0.15, 0.2) is 34.9 Å². The van der Waals surface area contributed by atoms with Crippen molar-refractivity contribution in [2.75, 3.05) is 12.4 Å². The molecular formula is C17H22N4O2. The van der Waals surface area contributed by atoms with Crippen LogP contribution >= 0.6 is 0 Å². The topological polar surface area (TPSA) is 93.2 Å². The summed E-state index contributed by atoms with van der Waals surface area (Å²) in [6.07, 6.45) is 6.38. The molecule has 0 aliphatic heterocycles. The highest BCUT2D eigenvalue weighted by atomic mass is 16.4. The molecule has 2 atom stereocenters. The minimum Gasteiger partial charge on any atom is -0.424 e. The van der Waals surface area contributed by atoms with E-state index in [-0.39, 0.29) is 0 Å². The first kappa shape index (κ1) is 15.6. The number of oxazole rings is 1. The van der Waals surface area contributed by atoms with E-state index in [2.05, 4.69) is 15.6 Å². The van der Waals surface area contributed by atoms with E-state index in [1.807, 2.05) is 13.1 Å². The standard InChI is InChI=1S/C17H22N4O2/c1-19-13-7-2-3-8-14(13)21-17-20-10-15(23-17)11-5-4-6-12(9-11)16(18)22/h4-6,9-10,13-14,19H,2-3,7-8H2,1H3,(H2,18,22)(H,20,21)/t13-,14-/m1/s1. The Kier molecular flexibility index (Phi) is 4.62. The van der Waals surface area contributed by atoms with Crippen LogP contribution in [0.5, 0.6) is 0 Å². The summed E-state index contributed by atoms with van der Waals surface area (Å²) in [4.78, 5) is 15.6. The van der Waals surface area contributed by atoms with Crippen LogP contribution < -0.4 is 16.4 Å². The van der Waals surface area contributed by atoms with Gasteiger partial charge in [0.1, 0.15) is 0 Å². The van der Waals surface area contributed by atoms with Gasteiger partial charge in [0.25, 0.3) is 6.01 Å². The lowest BCUT2D eigenvalue weighted by atomic mass is 9.90. The molecule has 23 heavy (non-hydrogen) atoms. The van der Waals surface area contributed by atoms with Gasteiger partial charge in [-0.1, -0.05) is 25.0 Å². The summed E-state index contributed by atoms with van der Waals surface area (Å²) >= 11 is 0. The van der Waals surface area contributed by atoms with Crippen molar-refractivity contribution in [1.82, 2.24) is 10.3 Å². The molecule has 2 aromatic rings. The average molecular weight is 314 g/mol. The first-order chi connectivity index (χ1) is 11.2. The second-order valence-electron chi connectivity index (χ2n) is 5.91. The summed E-state index contributed by atoms with van der Waals surface area (Å²) in [5.74, 6) is 0.163. The van der Waals surface area contributed by atoms with Gasteiger partial charge in [0, 0.05) is 23.2 Å². The van der Waals surface area contributed by atoms with Crippen molar-refractivity contribution in [3.8, 4) is 11.3 Å². The highest BCUT2D eigenvalue weighted by Gasteiger charge is 2.24. The number of hydrogen-bond donors (Lipinski definition) is 3. The molecule has 4 N–H and O–H groups in total. The van der Waals surface area contributed by atoms with E-state index < -0.39 is 5.91 Å². The van der Waals surface area contributed by atoms with Crippen molar-refractivity contribution in [2.45, 2.75) is 37.8 Å². The molecule has 1 saturated carbocycles. The number of nitrogens with one attached hydrogen (secondary N) is 2. The normalized spacial score (nSPS) is 21.1. The quantitative estimate of drug-likeness (QED) is 0.788. The molecule has 6 heteroatoms. The number of amides is 1. The number of aromatic nitrogens is 1. The van der Waals surface area contributed by atoms with E-state index in [4.69, 9.17) is 10.2 Å². The molecule has 1 aromatic carbocycles. The van der Waals surface area contributed by atoms with E-state index in [1.165, 1.54) is 12.8 Å². The van der Waals surface area contributed by atoms with Gasteiger partial charge in [0.05, 0.1) is 6.20 Å². The molecule has 3 rings (SSSR count). The highest BCUT2D eigenvalue weighted by Crippen LogP contribution is 2.26. The molecular weight excluding hydrogens is 292 g/mol. The van der Waals surface area contributed by atoms with Crippen molar-refractivity contribution >= 4 is 11.9 Å². The van der Waals surface area contributed by atoms with Crippen LogP contribution in [0.1, 0.15) is 36.0 Å². The summed E-state index contributed by atoms with van der Waals surface area (Å²) in [5.41, 5.74) is 6.56. The first-order valence-electron chi connectivity index (χ1n) is 7.97. The van der Waals surface area contributed by atoms with Gasteiger partial charge >= 0.3 is 0 Å². The first-order valence-corrected chi connectivity index (χ1v) is 7.97. The van der Waals surface area contributed by atoms with Crippen molar-refractivity contribution in [3.05, 3.63) is 36.0 Å². The number of anilines is 1. The maximum Gasteiger partial charge on any atom is 0.295 e. The smallest absolute Gasteiger partial charge is 0.295 e. The van der Waals surface area contributed by atoms with Gasteiger partial charge in [-0.05, 0) is 32.0 Å². The summed E-state index contributed by atoms with van der Waals surface area (Å²) in [5, 5.41) is 6.73. The summed E-state index contributed by atoms with van der Waals surface area (Å²) in [6.45, 7) is 0. The SMILES string of the molecule is CN[C@@H]1CCCC[C@H]1Nc1ncc(-c2cccc(C(N)=O)c2)o1. The number of primary amides is 1. The molecule has 1 aromatic heterocycles. The number of rotatable bonds is 5. The summed E-state index contributed by atoms with van der Waals surface area (Å²) in [7, 11) is 1.99. The monoisotopic (exact) mass is 314 g/mol. The number of nitrogens with two attached hydrogens (primary N) is 1. The fourth-order valence-corrected chi connectivity index (χ4v) is 3.11. The second kappa shape index (κ2) is 6.83. The Morgan fingerprint density at radius 2 is 2.09 bits per heavy atom. The lowest BCUT2D eigenvalue weighted by Gasteiger charge is -2.31. The lowest BCUT2D eigenvalue weighted by molar-refractivity contribution is 0.100. The summed E-state index contributed by atoms with van der Waals surface area (Å²) < 4.78 is 5.80. The Hall–Kier alpha value is -2.34. The third kappa shape index (κ3) is 3.53. The lowest BCUT2D eigenvalue weighted by Crippen LogP contribution is -2.44. The Balaban J connectivity index is 1.75. The molecule has 0 radical (unpaired) electrons. The average Bonchev–Trinajstić information content (AvgIpc) is 3.04. The Morgan fingerprint density at radius 3 is 2.83 bits per heavy atom. The third-order valence-corrected chi connectivity index (χ3v) is 4.38. The van der Waals surface area contributed by atoms with E-state index >= 15 is 0 Å². The number of likely N-dealkylation sites (N-methyl/N-ethyl adjacent to an activating group) is 1. The molecule has 122 valence electrons. The van der Waals surface area contributed by atoms with Crippen molar-refractivity contribution in [2.24, 2.45) is 5.73 Å². The van der Waals surface area contributed by atoms with Gasteiger partial charge in [-0.3, -0.25) is 4.79 Å². The molecule has 1 fully saturated rings. The maximum atomic E-state index is 11.3. The van der Waals surface area contributed by atoms with Gasteiger partial charge in [0.2, 0.25) is 5.91 Å². The zero-order valence-electron chi connectivity index (χ0n) is 13.2. The predicted octanol–water partition coefficient (Wildman–Crippen LogP) is 2.38. The van der Waals surface area contributed by atoms with Crippen LogP contribution in [0.2, 0.25) is 0 Å². The minimum absolute atomic E-state index is 0.317. The second-order valence-corrected chi connectivity index (χ2v) is 5.91. The van der Waals surface area contributed by atoms with Crippen LogP contribution in [0, 0.1) is 0 Å². The fraction of sp³-hybridized carbons (Fsp3) is 0.412. The molecule has 0 saturated heterocycles. The molecule has 1 heterocycles. The fourth-order valence-electron chi connectivity index (χ4n) is 3.11. The zero-order chi connectivity index (χ0) is 16.2. The molecule has 1 aliphatic carbocycles. The molecule has 1 amide bonds. The van der Waals surface area contributed by atoms with Gasteiger partial charge in [0.15, 0.2) is 5.76 Å². The van der Waals surface area contributed by atoms with Crippen LogP contribution in [-0.2, 0) is 0 Å². The Labute approximate surface area is 135 Å². The van der Waals surface area contributed by atoms with Crippen LogP contribution in [0.4, 0.5) is 6.01 Å². The number of benzene rings is 1. The predicted molar refractivity (Wildman–Crippen MR) is 89.2 cm³/mol. The van der Waals surface area contributed by atoms with E-state index in [9.17, 15) is 4.79 Å². The van der Waals surface area contributed by atoms with Crippen LogP contribution in [0.25, 0.3) is 11.3 Å². The minimum atomic E-state index is -0.455. The van der Waals surface area contributed by atoms with Crippen molar-refractivity contribution in [3.63, 3.8) is 0 Å². The Bertz CT molecular complexity index is 683. The van der Waals surface area contributed by atoms with Gasteiger partial charge in [-0.2, -0.15) is 0 Å². The third-order valence-electron chi connectivity index (χ3n) is 4.38. The largest absolute Gasteiger partial charge is 0.424 e. The molecule has 0 unspecified atom stereocenters. The molecule has 0 bridgehead atoms. The Morgan fingerprint density at radius 1 is 1.30 bits per heavy atom. The number of carbonyl (C=O) groups excluding carboxylic acids is 1. The number of nitrogens with zero attached hydrogens (tertiary/aromatic N) is 1. The maximum absolute atomic E-state index is 11.3. The van der Waals surface area contributed by atoms with Gasteiger partial charge in [-0.15, -0.1) is 0 Å². The van der Waals surface area contributed by atoms with Crippen LogP contribution in [-0.4, -0.2) is 30.0 Å². The van der Waals surface area contributed by atoms with Gasteiger partial charge in [-0.25, -0.2) is 4.98 Å². The highest BCUT2D eigenvalue weighted by molar-refractivity contribution is 5.93. The zero-order valence-corrected chi connectivity index (χ0v) is 13.2. The molecule has 0 spiro atoms. The number of hydrogen-bond acceptors (Lipinski definition) is 5.